The highest BCUT2D eigenvalue weighted by molar-refractivity contribution is 7.88. The minimum Gasteiger partial charge on any atom is -0.454 e. The van der Waals surface area contributed by atoms with Crippen molar-refractivity contribution in [3.8, 4) is 11.5 Å². The van der Waals surface area contributed by atoms with Gasteiger partial charge in [0.2, 0.25) is 16.8 Å². The molecule has 1 unspecified atom stereocenters. The summed E-state index contributed by atoms with van der Waals surface area (Å²) in [5, 5.41) is 0. The van der Waals surface area contributed by atoms with Crippen LogP contribution in [0.15, 0.2) is 48.5 Å². The zero-order valence-electron chi connectivity index (χ0n) is 15.9. The molecule has 1 saturated heterocycles. The van der Waals surface area contributed by atoms with E-state index < -0.39 is 10.0 Å². The molecule has 2 aromatic rings. The van der Waals surface area contributed by atoms with E-state index in [0.29, 0.717) is 12.3 Å². The second-order valence-electron chi connectivity index (χ2n) is 7.11. The van der Waals surface area contributed by atoms with Gasteiger partial charge in [0.05, 0.1) is 6.26 Å². The van der Waals surface area contributed by atoms with Crippen molar-refractivity contribution in [1.29, 1.82) is 0 Å². The molecule has 2 aliphatic rings. The average molecular weight is 404 g/mol. The Bertz CT molecular complexity index is 912. The molecule has 2 heterocycles. The molecule has 150 valence electrons. The lowest BCUT2D eigenvalue weighted by atomic mass is 10.0. The normalized spacial score (nSPS) is 18.2. The summed E-state index contributed by atoms with van der Waals surface area (Å²) in [6.45, 7) is 4.03. The van der Waals surface area contributed by atoms with Crippen LogP contribution in [0.2, 0.25) is 0 Å². The quantitative estimate of drug-likeness (QED) is 0.794. The molecule has 28 heavy (non-hydrogen) atoms. The number of ether oxygens (including phenoxy) is 2. The molecule has 0 radical (unpaired) electrons. The number of fused-ring (bicyclic) bond motifs is 1. The van der Waals surface area contributed by atoms with Gasteiger partial charge < -0.3 is 14.4 Å². The van der Waals surface area contributed by atoms with Gasteiger partial charge >= 0.3 is 0 Å². The summed E-state index contributed by atoms with van der Waals surface area (Å²) in [6, 6.07) is 16.1. The number of anilines is 1. The fraction of sp³-hybridized carbons (Fsp3) is 0.400. The van der Waals surface area contributed by atoms with Crippen molar-refractivity contribution in [3.63, 3.8) is 0 Å². The Morgan fingerprint density at radius 1 is 1.00 bits per heavy atom. The summed E-state index contributed by atoms with van der Waals surface area (Å²) in [5.41, 5.74) is 2.24. The van der Waals surface area contributed by atoms with Crippen LogP contribution in [0.1, 0.15) is 11.6 Å². The molecule has 0 spiro atoms. The zero-order valence-corrected chi connectivity index (χ0v) is 16.7. The molecule has 4 rings (SSSR count). The van der Waals surface area contributed by atoms with E-state index in [9.17, 15) is 8.42 Å². The van der Waals surface area contributed by atoms with Gasteiger partial charge in [-0.15, -0.1) is 0 Å². The predicted molar refractivity (Wildman–Crippen MR) is 108 cm³/mol. The van der Waals surface area contributed by atoms with E-state index >= 15 is 0 Å². The van der Waals surface area contributed by atoms with Crippen molar-refractivity contribution >= 4 is 15.7 Å². The Balaban J connectivity index is 1.51. The second kappa shape index (κ2) is 7.98. The van der Waals surface area contributed by atoms with Crippen LogP contribution < -0.4 is 19.1 Å². The Hall–Kier alpha value is -2.29. The molecular formula is C20H25N3O4S. The number of sulfonamides is 1. The third kappa shape index (κ3) is 4.40. The lowest BCUT2D eigenvalue weighted by Gasteiger charge is -2.40. The maximum atomic E-state index is 11.7. The molecule has 2 aromatic carbocycles. The number of piperazine rings is 1. The van der Waals surface area contributed by atoms with Gasteiger partial charge in [-0.1, -0.05) is 24.3 Å². The molecule has 7 nitrogen and oxygen atoms in total. The highest BCUT2D eigenvalue weighted by atomic mass is 32.2. The van der Waals surface area contributed by atoms with Gasteiger partial charge in [0.15, 0.2) is 11.5 Å². The van der Waals surface area contributed by atoms with E-state index in [-0.39, 0.29) is 12.8 Å². The van der Waals surface area contributed by atoms with Gasteiger partial charge in [0.25, 0.3) is 0 Å². The molecule has 0 bridgehead atoms. The molecule has 1 atom stereocenters. The smallest absolute Gasteiger partial charge is 0.231 e. The molecule has 2 aliphatic heterocycles. The Morgan fingerprint density at radius 2 is 1.71 bits per heavy atom. The molecule has 0 aliphatic carbocycles. The summed E-state index contributed by atoms with van der Waals surface area (Å²) in [6.07, 6.45) is 1.19. The molecule has 0 aromatic heterocycles. The molecule has 1 fully saturated rings. The number of hydrogen-bond donors (Lipinski definition) is 1. The summed E-state index contributed by atoms with van der Waals surface area (Å²) >= 11 is 0. The maximum Gasteiger partial charge on any atom is 0.231 e. The monoisotopic (exact) mass is 403 g/mol. The lowest BCUT2D eigenvalue weighted by Crippen LogP contribution is -2.49. The highest BCUT2D eigenvalue weighted by Crippen LogP contribution is 2.35. The zero-order chi connectivity index (χ0) is 19.6. The SMILES string of the molecule is CS(=O)(=O)NCC(c1ccc2c(c1)OCO2)N1CCN(c2ccccc2)CC1. The van der Waals surface area contributed by atoms with E-state index in [1.54, 1.807) is 0 Å². The molecule has 0 amide bonds. The van der Waals surface area contributed by atoms with Crippen LogP contribution in [0, 0.1) is 0 Å². The van der Waals surface area contributed by atoms with E-state index in [4.69, 9.17) is 9.47 Å². The van der Waals surface area contributed by atoms with Crippen LogP contribution >= 0.6 is 0 Å². The Kier molecular flexibility index (Phi) is 5.43. The summed E-state index contributed by atoms with van der Waals surface area (Å²) in [7, 11) is -3.27. The third-order valence-electron chi connectivity index (χ3n) is 5.20. The first kappa shape index (κ1) is 19.0. The number of nitrogens with zero attached hydrogens (tertiary/aromatic N) is 2. The van der Waals surface area contributed by atoms with E-state index in [0.717, 1.165) is 37.5 Å². The minimum absolute atomic E-state index is 0.0675. The van der Waals surface area contributed by atoms with Crippen molar-refractivity contribution in [2.45, 2.75) is 6.04 Å². The van der Waals surface area contributed by atoms with Crippen molar-refractivity contribution in [3.05, 3.63) is 54.1 Å². The maximum absolute atomic E-state index is 11.7. The van der Waals surface area contributed by atoms with Crippen LogP contribution in [0.4, 0.5) is 5.69 Å². The number of nitrogens with one attached hydrogen (secondary N) is 1. The van der Waals surface area contributed by atoms with Crippen LogP contribution in [0.3, 0.4) is 0 Å². The summed E-state index contributed by atoms with van der Waals surface area (Å²) in [4.78, 5) is 4.69. The molecular weight excluding hydrogens is 378 g/mol. The van der Waals surface area contributed by atoms with Crippen LogP contribution in [0.5, 0.6) is 11.5 Å². The van der Waals surface area contributed by atoms with Gasteiger partial charge in [-0.3, -0.25) is 4.90 Å². The van der Waals surface area contributed by atoms with E-state index in [1.165, 1.54) is 11.9 Å². The van der Waals surface area contributed by atoms with Crippen LogP contribution in [-0.2, 0) is 10.0 Å². The van der Waals surface area contributed by atoms with Crippen LogP contribution in [-0.4, -0.2) is 59.1 Å². The first-order valence-electron chi connectivity index (χ1n) is 9.38. The van der Waals surface area contributed by atoms with Crippen molar-refractivity contribution in [1.82, 2.24) is 9.62 Å². The number of hydrogen-bond acceptors (Lipinski definition) is 6. The molecule has 1 N–H and O–H groups in total. The summed E-state index contributed by atoms with van der Waals surface area (Å²) < 4.78 is 37.0. The van der Waals surface area contributed by atoms with Gasteiger partial charge in [0, 0.05) is 44.5 Å². The van der Waals surface area contributed by atoms with Gasteiger partial charge in [0.1, 0.15) is 0 Å². The number of benzene rings is 2. The fourth-order valence-corrected chi connectivity index (χ4v) is 4.20. The van der Waals surface area contributed by atoms with Crippen molar-refractivity contribution in [2.24, 2.45) is 0 Å². The van der Waals surface area contributed by atoms with Gasteiger partial charge in [-0.05, 0) is 29.8 Å². The third-order valence-corrected chi connectivity index (χ3v) is 5.89. The number of para-hydroxylation sites is 1. The van der Waals surface area contributed by atoms with Crippen molar-refractivity contribution < 1.29 is 17.9 Å². The second-order valence-corrected chi connectivity index (χ2v) is 8.94. The lowest BCUT2D eigenvalue weighted by molar-refractivity contribution is 0.173. The summed E-state index contributed by atoms with van der Waals surface area (Å²) in [5.74, 6) is 1.44. The topological polar surface area (TPSA) is 71.1 Å². The number of rotatable bonds is 6. The van der Waals surface area contributed by atoms with Gasteiger partial charge in [-0.2, -0.15) is 0 Å². The van der Waals surface area contributed by atoms with Crippen molar-refractivity contribution in [2.75, 3.05) is 50.7 Å². The largest absolute Gasteiger partial charge is 0.454 e. The Morgan fingerprint density at radius 3 is 2.43 bits per heavy atom. The van der Waals surface area contributed by atoms with Crippen LogP contribution in [0.25, 0.3) is 0 Å². The molecule has 0 saturated carbocycles. The standard InChI is InChI=1S/C20H25N3O4S/c1-28(24,25)21-14-18(16-7-8-19-20(13-16)27-15-26-19)23-11-9-22(10-12-23)17-5-3-2-4-6-17/h2-8,13,18,21H,9-12,14-15H2,1H3. The average Bonchev–Trinajstić information content (AvgIpc) is 3.16. The molecule has 8 heteroatoms. The van der Waals surface area contributed by atoms with Gasteiger partial charge in [-0.25, -0.2) is 13.1 Å². The fourth-order valence-electron chi connectivity index (χ4n) is 3.74. The first-order valence-corrected chi connectivity index (χ1v) is 11.3. The highest BCUT2D eigenvalue weighted by Gasteiger charge is 2.27. The predicted octanol–water partition coefficient (Wildman–Crippen LogP) is 1.83. The minimum atomic E-state index is -3.27. The van der Waals surface area contributed by atoms with E-state index in [1.807, 2.05) is 36.4 Å². The first-order chi connectivity index (χ1) is 13.5. The van der Waals surface area contributed by atoms with E-state index in [2.05, 4.69) is 26.7 Å². The Labute approximate surface area is 165 Å².